The van der Waals surface area contributed by atoms with Gasteiger partial charge in [-0.3, -0.25) is 24.6 Å². The first-order chi connectivity index (χ1) is 29.2. The molecule has 1 spiro atoms. The van der Waals surface area contributed by atoms with Gasteiger partial charge in [0.25, 0.3) is 0 Å². The summed E-state index contributed by atoms with van der Waals surface area (Å²) in [4.78, 5) is 75.7. The van der Waals surface area contributed by atoms with Crippen LogP contribution in [0.5, 0.6) is 0 Å². The number of hydrogen-bond acceptors (Lipinski definition) is 13. The van der Waals surface area contributed by atoms with E-state index in [-0.39, 0.29) is 46.9 Å². The summed E-state index contributed by atoms with van der Waals surface area (Å²) in [5, 5.41) is 12.6. The predicted molar refractivity (Wildman–Crippen MR) is 227 cm³/mol. The third-order valence-electron chi connectivity index (χ3n) is 11.9. The van der Waals surface area contributed by atoms with Crippen LogP contribution in [0.25, 0.3) is 11.3 Å². The molecule has 61 heavy (non-hydrogen) atoms. The summed E-state index contributed by atoms with van der Waals surface area (Å²) in [5.74, 6) is 1.21. The van der Waals surface area contributed by atoms with Gasteiger partial charge in [-0.15, -0.1) is 0 Å². The number of imide groups is 1. The summed E-state index contributed by atoms with van der Waals surface area (Å²) in [5.41, 5.74) is 6.18. The Morgan fingerprint density at radius 2 is 1.62 bits per heavy atom. The van der Waals surface area contributed by atoms with E-state index < -0.39 is 11.9 Å². The minimum absolute atomic E-state index is 0.0193. The maximum Gasteiger partial charge on any atom is 0.328 e. The van der Waals surface area contributed by atoms with Gasteiger partial charge in [0.15, 0.2) is 5.82 Å². The number of likely N-dealkylation sites (tertiary alicyclic amines) is 1. The first-order valence-corrected chi connectivity index (χ1v) is 20.5. The highest BCUT2D eigenvalue weighted by Crippen LogP contribution is 2.43. The molecule has 0 radical (unpaired) electrons. The van der Waals surface area contributed by atoms with Crippen molar-refractivity contribution in [3.63, 3.8) is 0 Å². The highest BCUT2D eigenvalue weighted by Gasteiger charge is 2.54. The molecule has 3 aromatic heterocycles. The van der Waals surface area contributed by atoms with Gasteiger partial charge in [-0.05, 0) is 67.4 Å². The van der Waals surface area contributed by atoms with Crippen LogP contribution in [-0.4, -0.2) is 99.6 Å². The zero-order valence-corrected chi connectivity index (χ0v) is 34.8. The lowest BCUT2D eigenvalue weighted by Crippen LogP contribution is -2.74. The maximum atomic E-state index is 13.3. The number of pyridine rings is 1. The number of hydrogen-bond donors (Lipinski definition) is 3. The fourth-order valence-electron chi connectivity index (χ4n) is 8.46. The normalized spacial score (nSPS) is 17.9. The molecule has 5 amide bonds. The Labute approximate surface area is 352 Å². The lowest BCUT2D eigenvalue weighted by Gasteiger charge is -2.61. The molecule has 1 atom stereocenters. The van der Waals surface area contributed by atoms with Gasteiger partial charge in [-0.1, -0.05) is 38.1 Å². The van der Waals surface area contributed by atoms with Gasteiger partial charge in [0.05, 0.1) is 29.5 Å². The van der Waals surface area contributed by atoms with E-state index in [9.17, 15) is 19.2 Å². The molecule has 2 aromatic carbocycles. The minimum Gasteiger partial charge on any atom is -0.370 e. The van der Waals surface area contributed by atoms with E-state index in [2.05, 4.69) is 50.8 Å². The second kappa shape index (κ2) is 15.3. The van der Waals surface area contributed by atoms with Crippen molar-refractivity contribution in [3.8, 4) is 11.3 Å². The van der Waals surface area contributed by atoms with E-state index in [4.69, 9.17) is 4.52 Å². The number of aryl methyl sites for hydroxylation is 1. The van der Waals surface area contributed by atoms with Crippen molar-refractivity contribution in [2.24, 2.45) is 11.3 Å². The van der Waals surface area contributed by atoms with Crippen molar-refractivity contribution in [2.45, 2.75) is 52.5 Å². The van der Waals surface area contributed by atoms with Crippen molar-refractivity contribution in [3.05, 3.63) is 96.0 Å². The molecule has 3 N–H and O–H groups in total. The Hall–Kier alpha value is -6.91. The third kappa shape index (κ3) is 7.94. The molecule has 5 aromatic rings. The number of benzene rings is 2. The van der Waals surface area contributed by atoms with Crippen LogP contribution < -0.4 is 30.7 Å². The lowest BCUT2D eigenvalue weighted by atomic mass is 9.72. The quantitative estimate of drug-likeness (QED) is 0.171. The number of carbonyl (C=O) groups excluding carboxylic acids is 4. The summed E-state index contributed by atoms with van der Waals surface area (Å²) < 4.78 is 5.21. The van der Waals surface area contributed by atoms with E-state index in [1.165, 1.54) is 6.33 Å². The Morgan fingerprint density at radius 3 is 2.30 bits per heavy atom. The van der Waals surface area contributed by atoms with E-state index >= 15 is 0 Å². The van der Waals surface area contributed by atoms with E-state index in [1.54, 1.807) is 4.90 Å². The molecule has 4 saturated heterocycles. The highest BCUT2D eigenvalue weighted by molar-refractivity contribution is 6.05. The van der Waals surface area contributed by atoms with Gasteiger partial charge in [0.1, 0.15) is 18.0 Å². The first-order valence-electron chi connectivity index (χ1n) is 20.5. The van der Waals surface area contributed by atoms with Crippen molar-refractivity contribution < 1.29 is 23.7 Å². The van der Waals surface area contributed by atoms with Gasteiger partial charge in [0, 0.05) is 86.1 Å². The third-order valence-corrected chi connectivity index (χ3v) is 11.9. The molecule has 0 saturated carbocycles. The summed E-state index contributed by atoms with van der Waals surface area (Å²) in [6, 6.07) is 18.8. The molecule has 17 heteroatoms. The average Bonchev–Trinajstić information content (AvgIpc) is 3.70. The predicted octanol–water partition coefficient (Wildman–Crippen LogP) is 4.99. The van der Waals surface area contributed by atoms with Gasteiger partial charge in [-0.2, -0.15) is 4.98 Å². The van der Waals surface area contributed by atoms with Gasteiger partial charge >= 0.3 is 17.8 Å². The Kier molecular flexibility index (Phi) is 9.91. The number of carbonyl (C=O) groups is 4. The van der Waals surface area contributed by atoms with Crippen LogP contribution in [0.4, 0.5) is 33.5 Å². The molecule has 9 rings (SSSR count). The average molecular weight is 825 g/mol. The molecular formula is C44H48N12O5. The molecule has 17 nitrogen and oxygen atoms in total. The monoisotopic (exact) mass is 824 g/mol. The van der Waals surface area contributed by atoms with Crippen LogP contribution >= 0.6 is 0 Å². The van der Waals surface area contributed by atoms with E-state index in [1.807, 2.05) is 106 Å². The fraction of sp³-hybridized carbons (Fsp3) is 0.386. The number of urea groups is 1. The number of aromatic nitrogens is 5. The summed E-state index contributed by atoms with van der Waals surface area (Å²) in [6.45, 7) is 14.8. The lowest BCUT2D eigenvalue weighted by molar-refractivity contribution is -0.150. The van der Waals surface area contributed by atoms with Gasteiger partial charge < -0.3 is 29.9 Å². The number of amides is 5. The van der Waals surface area contributed by atoms with Crippen LogP contribution in [-0.2, 0) is 15.0 Å². The molecule has 4 fully saturated rings. The van der Waals surface area contributed by atoms with E-state index in [0.29, 0.717) is 37.1 Å². The van der Waals surface area contributed by atoms with Crippen LogP contribution in [0.2, 0.25) is 0 Å². The summed E-state index contributed by atoms with van der Waals surface area (Å²) >= 11 is 0. The molecular weight excluding hydrogens is 777 g/mol. The van der Waals surface area contributed by atoms with Crippen molar-refractivity contribution in [1.29, 1.82) is 0 Å². The molecule has 314 valence electrons. The second-order valence-corrected chi connectivity index (χ2v) is 17.7. The largest absolute Gasteiger partial charge is 0.370 e. The minimum atomic E-state index is -0.424. The highest BCUT2D eigenvalue weighted by atomic mass is 16.5. The van der Waals surface area contributed by atoms with Crippen LogP contribution in [0.15, 0.2) is 77.7 Å². The molecule has 4 aliphatic heterocycles. The molecule has 0 bridgehead atoms. The van der Waals surface area contributed by atoms with Crippen LogP contribution in [0.1, 0.15) is 67.8 Å². The Balaban J connectivity index is 0.726. The van der Waals surface area contributed by atoms with Gasteiger partial charge in [-0.25, -0.2) is 19.7 Å². The zero-order chi connectivity index (χ0) is 42.6. The Morgan fingerprint density at radius 1 is 0.885 bits per heavy atom. The maximum absolute atomic E-state index is 13.3. The molecule has 4 aliphatic rings. The topological polar surface area (TPSA) is 195 Å². The molecule has 7 heterocycles. The second-order valence-electron chi connectivity index (χ2n) is 17.7. The van der Waals surface area contributed by atoms with E-state index in [0.717, 1.165) is 65.6 Å². The van der Waals surface area contributed by atoms with Crippen molar-refractivity contribution in [2.75, 3.05) is 65.8 Å². The van der Waals surface area contributed by atoms with Gasteiger partial charge in [0.2, 0.25) is 11.8 Å². The van der Waals surface area contributed by atoms with Crippen molar-refractivity contribution in [1.82, 2.24) is 40.6 Å². The number of nitrogens with one attached hydrogen (secondary N) is 3. The van der Waals surface area contributed by atoms with Crippen LogP contribution in [0.3, 0.4) is 0 Å². The number of anilines is 5. The standard InChI is InChI=1S/C44H48N12O5/c1-26-16-28(6-12-33(26)27(2)48-38(58)39-51-41(52-61-39)43(3,4)5)34-17-36(47-25-46-34)49-35-13-11-32(18-45-35)54-21-44(22-54)23-55(24-44)40(59)29-19-53(20-29)30-7-9-31(10-8-30)56-15-14-37(57)50-42(56)60/h6-13,16-18,25,27,29H,14-15,19-24H2,1-5H3,(H,48,58)(H,50,57,60)(H,45,46,47,49)/t27-/m1/s1. The number of rotatable bonds is 10. The fourth-order valence-corrected chi connectivity index (χ4v) is 8.46. The Bertz CT molecular complexity index is 2500. The SMILES string of the molecule is Cc1cc(-c2cc(Nc3ccc(N4CC5(CN(C(=O)C6CN(c7ccc(N8CCC(=O)NC8=O)cc7)C6)C5)C4)cn3)ncn2)ccc1[C@@H](C)NC(=O)c1nc(C(C)(C)C)no1. The molecule has 0 unspecified atom stereocenters. The molecule has 0 aliphatic carbocycles. The zero-order valence-electron chi connectivity index (χ0n) is 34.8. The first kappa shape index (κ1) is 39.5. The smallest absolute Gasteiger partial charge is 0.328 e. The number of nitrogens with zero attached hydrogens (tertiary/aromatic N) is 9. The summed E-state index contributed by atoms with van der Waals surface area (Å²) in [6.07, 6.45) is 3.66. The van der Waals surface area contributed by atoms with Crippen LogP contribution in [0, 0.1) is 18.3 Å². The van der Waals surface area contributed by atoms with Crippen molar-refractivity contribution >= 4 is 52.5 Å². The summed E-state index contributed by atoms with van der Waals surface area (Å²) in [7, 11) is 0.